The summed E-state index contributed by atoms with van der Waals surface area (Å²) < 4.78 is 21.2. The molecule has 2 N–H and O–H groups in total. The fraction of sp³-hybridized carbons (Fsp3) is 0.423. The molecule has 3 rings (SSSR count). The lowest BCUT2D eigenvalue weighted by Gasteiger charge is -2.29. The molecule has 2 unspecified atom stereocenters. The molecule has 0 aliphatic heterocycles. The number of benzene rings is 2. The Morgan fingerprint density at radius 1 is 0.886 bits per heavy atom. The minimum absolute atomic E-state index is 0.117. The Bertz CT molecular complexity index is 1040. The van der Waals surface area contributed by atoms with Gasteiger partial charge in [0.1, 0.15) is 5.75 Å². The van der Waals surface area contributed by atoms with E-state index in [1.807, 2.05) is 0 Å². The number of para-hydroxylation sites is 2. The standard InChI is InChI=1S/C26H32N2O7/c1-17-8-4-5-9-19(17)27-25(30)16-35-26(31)18-12-13-22(23(14-18)33-3)34-15-24(29)28-20-10-6-7-11-21(20)32-2/h6-7,10-14,17,19H,4-5,8-9,15-16H2,1-3H3,(H,27,30)(H,28,29). The van der Waals surface area contributed by atoms with E-state index >= 15 is 0 Å². The van der Waals surface area contributed by atoms with E-state index in [-0.39, 0.29) is 42.2 Å². The predicted molar refractivity (Wildman–Crippen MR) is 130 cm³/mol. The lowest BCUT2D eigenvalue weighted by atomic mass is 9.86. The molecule has 0 bridgehead atoms. The van der Waals surface area contributed by atoms with Crippen LogP contribution >= 0.6 is 0 Å². The first-order valence-electron chi connectivity index (χ1n) is 11.6. The molecule has 1 saturated carbocycles. The van der Waals surface area contributed by atoms with Gasteiger partial charge in [0, 0.05) is 6.04 Å². The summed E-state index contributed by atoms with van der Waals surface area (Å²) in [5.41, 5.74) is 0.724. The van der Waals surface area contributed by atoms with E-state index < -0.39 is 11.9 Å². The molecule has 2 atom stereocenters. The number of hydrogen-bond donors (Lipinski definition) is 2. The Balaban J connectivity index is 1.51. The van der Waals surface area contributed by atoms with Crippen LogP contribution in [0.1, 0.15) is 43.0 Å². The van der Waals surface area contributed by atoms with Crippen LogP contribution in [0.5, 0.6) is 17.2 Å². The Kier molecular flexibility index (Phi) is 9.34. The largest absolute Gasteiger partial charge is 0.495 e. The zero-order valence-electron chi connectivity index (χ0n) is 20.3. The van der Waals surface area contributed by atoms with Crippen LogP contribution in [-0.2, 0) is 14.3 Å². The number of rotatable bonds is 10. The third-order valence-corrected chi connectivity index (χ3v) is 5.93. The average Bonchev–Trinajstić information content (AvgIpc) is 2.87. The highest BCUT2D eigenvalue weighted by atomic mass is 16.5. The van der Waals surface area contributed by atoms with Crippen LogP contribution in [0.25, 0.3) is 0 Å². The lowest BCUT2D eigenvalue weighted by molar-refractivity contribution is -0.125. The van der Waals surface area contributed by atoms with E-state index in [9.17, 15) is 14.4 Å². The van der Waals surface area contributed by atoms with E-state index in [4.69, 9.17) is 18.9 Å². The molecule has 0 spiro atoms. The molecule has 2 amide bonds. The highest BCUT2D eigenvalue weighted by Gasteiger charge is 2.23. The molecular weight excluding hydrogens is 452 g/mol. The van der Waals surface area contributed by atoms with E-state index in [0.29, 0.717) is 17.4 Å². The van der Waals surface area contributed by atoms with Crippen molar-refractivity contribution < 1.29 is 33.3 Å². The van der Waals surface area contributed by atoms with Crippen molar-refractivity contribution >= 4 is 23.5 Å². The van der Waals surface area contributed by atoms with Crippen molar-refractivity contribution in [3.63, 3.8) is 0 Å². The van der Waals surface area contributed by atoms with Crippen molar-refractivity contribution in [2.24, 2.45) is 5.92 Å². The van der Waals surface area contributed by atoms with Gasteiger partial charge in [-0.2, -0.15) is 0 Å². The molecule has 1 aliphatic rings. The average molecular weight is 485 g/mol. The normalized spacial score (nSPS) is 17.1. The monoisotopic (exact) mass is 484 g/mol. The molecular formula is C26H32N2O7. The second-order valence-corrected chi connectivity index (χ2v) is 8.41. The summed E-state index contributed by atoms with van der Waals surface area (Å²) in [5, 5.41) is 5.67. The number of carbonyl (C=O) groups excluding carboxylic acids is 3. The van der Waals surface area contributed by atoms with Crippen LogP contribution in [0.15, 0.2) is 42.5 Å². The second-order valence-electron chi connectivity index (χ2n) is 8.41. The van der Waals surface area contributed by atoms with Crippen molar-refractivity contribution in [1.82, 2.24) is 5.32 Å². The van der Waals surface area contributed by atoms with Gasteiger partial charge in [-0.25, -0.2) is 4.79 Å². The summed E-state index contributed by atoms with van der Waals surface area (Å²) in [6.07, 6.45) is 4.29. The van der Waals surface area contributed by atoms with Crippen LogP contribution in [0.3, 0.4) is 0 Å². The summed E-state index contributed by atoms with van der Waals surface area (Å²) in [4.78, 5) is 36.9. The predicted octanol–water partition coefficient (Wildman–Crippen LogP) is 3.57. The minimum atomic E-state index is -0.657. The Morgan fingerprint density at radius 2 is 1.63 bits per heavy atom. The molecule has 1 aliphatic carbocycles. The molecule has 9 nitrogen and oxygen atoms in total. The number of ether oxygens (including phenoxy) is 4. The Labute approximate surface area is 205 Å². The van der Waals surface area contributed by atoms with Gasteiger partial charge in [0.05, 0.1) is 25.5 Å². The highest BCUT2D eigenvalue weighted by molar-refractivity contribution is 5.94. The summed E-state index contributed by atoms with van der Waals surface area (Å²) >= 11 is 0. The molecule has 1 fully saturated rings. The van der Waals surface area contributed by atoms with Gasteiger partial charge in [0.2, 0.25) is 0 Å². The Hall–Kier alpha value is -3.75. The van der Waals surface area contributed by atoms with Gasteiger partial charge in [0.15, 0.2) is 24.7 Å². The van der Waals surface area contributed by atoms with Crippen molar-refractivity contribution in [2.75, 3.05) is 32.8 Å². The van der Waals surface area contributed by atoms with Gasteiger partial charge in [-0.1, -0.05) is 31.9 Å². The fourth-order valence-electron chi connectivity index (χ4n) is 3.98. The molecule has 188 valence electrons. The quantitative estimate of drug-likeness (QED) is 0.496. The number of hydrogen-bond acceptors (Lipinski definition) is 7. The third kappa shape index (κ3) is 7.37. The van der Waals surface area contributed by atoms with E-state index in [1.165, 1.54) is 38.8 Å². The van der Waals surface area contributed by atoms with Crippen LogP contribution in [0, 0.1) is 5.92 Å². The molecule has 0 saturated heterocycles. The number of amides is 2. The first-order valence-corrected chi connectivity index (χ1v) is 11.6. The van der Waals surface area contributed by atoms with Gasteiger partial charge in [-0.3, -0.25) is 9.59 Å². The van der Waals surface area contributed by atoms with Crippen LogP contribution in [0.2, 0.25) is 0 Å². The second kappa shape index (κ2) is 12.6. The summed E-state index contributed by atoms with van der Waals surface area (Å²) in [6.45, 7) is 1.48. The first-order chi connectivity index (χ1) is 16.9. The summed E-state index contributed by atoms with van der Waals surface area (Å²) in [6, 6.07) is 11.6. The Morgan fingerprint density at radius 3 is 2.37 bits per heavy atom. The topological polar surface area (TPSA) is 112 Å². The van der Waals surface area contributed by atoms with Crippen LogP contribution < -0.4 is 24.8 Å². The van der Waals surface area contributed by atoms with E-state index in [0.717, 1.165) is 19.3 Å². The number of methoxy groups -OCH3 is 2. The van der Waals surface area contributed by atoms with E-state index in [1.54, 1.807) is 24.3 Å². The first kappa shape index (κ1) is 25.9. The molecule has 0 heterocycles. The zero-order valence-corrected chi connectivity index (χ0v) is 20.3. The van der Waals surface area contributed by atoms with Gasteiger partial charge in [-0.05, 0) is 49.1 Å². The number of nitrogens with one attached hydrogen (secondary N) is 2. The number of carbonyl (C=O) groups is 3. The molecule has 2 aromatic rings. The summed E-state index contributed by atoms with van der Waals surface area (Å²) in [5.74, 6) is 0.118. The molecule has 0 radical (unpaired) electrons. The maximum atomic E-state index is 12.4. The number of esters is 1. The zero-order chi connectivity index (χ0) is 25.2. The SMILES string of the molecule is COc1ccccc1NC(=O)COc1ccc(C(=O)OCC(=O)NC2CCCCC2C)cc1OC. The molecule has 9 heteroatoms. The summed E-state index contributed by atoms with van der Waals surface area (Å²) in [7, 11) is 2.94. The third-order valence-electron chi connectivity index (χ3n) is 5.93. The fourth-order valence-corrected chi connectivity index (χ4v) is 3.98. The highest BCUT2D eigenvalue weighted by Crippen LogP contribution is 2.29. The van der Waals surface area contributed by atoms with Crippen molar-refractivity contribution in [3.8, 4) is 17.2 Å². The van der Waals surface area contributed by atoms with Crippen LogP contribution in [0.4, 0.5) is 5.69 Å². The van der Waals surface area contributed by atoms with Crippen molar-refractivity contribution in [1.29, 1.82) is 0 Å². The molecule has 0 aromatic heterocycles. The van der Waals surface area contributed by atoms with Gasteiger partial charge in [0.25, 0.3) is 11.8 Å². The molecule has 35 heavy (non-hydrogen) atoms. The lowest BCUT2D eigenvalue weighted by Crippen LogP contribution is -2.42. The minimum Gasteiger partial charge on any atom is -0.495 e. The van der Waals surface area contributed by atoms with Gasteiger partial charge < -0.3 is 29.6 Å². The van der Waals surface area contributed by atoms with Crippen LogP contribution in [-0.4, -0.2) is 51.3 Å². The molecule has 2 aromatic carbocycles. The maximum Gasteiger partial charge on any atom is 0.338 e. The number of anilines is 1. The van der Waals surface area contributed by atoms with Crippen molar-refractivity contribution in [2.45, 2.75) is 38.6 Å². The van der Waals surface area contributed by atoms with Crippen molar-refractivity contribution in [3.05, 3.63) is 48.0 Å². The smallest absolute Gasteiger partial charge is 0.338 e. The maximum absolute atomic E-state index is 12.4. The van der Waals surface area contributed by atoms with E-state index in [2.05, 4.69) is 17.6 Å². The van der Waals surface area contributed by atoms with Gasteiger partial charge in [-0.15, -0.1) is 0 Å². The van der Waals surface area contributed by atoms with Gasteiger partial charge >= 0.3 is 5.97 Å².